The van der Waals surface area contributed by atoms with E-state index in [1.807, 2.05) is 24.3 Å². The fraction of sp³-hybridized carbons (Fsp3) is 0.286. The summed E-state index contributed by atoms with van der Waals surface area (Å²) in [5.41, 5.74) is 3.77. The van der Waals surface area contributed by atoms with Gasteiger partial charge < -0.3 is 14.5 Å². The van der Waals surface area contributed by atoms with Gasteiger partial charge in [0.1, 0.15) is 5.58 Å². The van der Waals surface area contributed by atoms with E-state index in [2.05, 4.69) is 43.4 Å². The second-order valence-corrected chi connectivity index (χ2v) is 6.18. The van der Waals surface area contributed by atoms with Crippen molar-refractivity contribution in [2.75, 3.05) is 7.11 Å². The molecule has 25 heavy (non-hydrogen) atoms. The van der Waals surface area contributed by atoms with Crippen molar-refractivity contribution in [1.29, 1.82) is 0 Å². The highest BCUT2D eigenvalue weighted by molar-refractivity contribution is 5.99. The predicted octanol–water partition coefficient (Wildman–Crippen LogP) is 4.77. The number of benzene rings is 2. The zero-order valence-corrected chi connectivity index (χ0v) is 14.8. The fourth-order valence-electron chi connectivity index (χ4n) is 3.01. The molecule has 1 aromatic heterocycles. The SMILES string of the molecule is CCC(NC(=O)c1oc2ccccc2c1COC)c1ccc(C)cc1. The predicted molar refractivity (Wildman–Crippen MR) is 98.6 cm³/mol. The third kappa shape index (κ3) is 3.59. The Balaban J connectivity index is 1.90. The van der Waals surface area contributed by atoms with Crippen molar-refractivity contribution in [2.24, 2.45) is 0 Å². The molecule has 0 fully saturated rings. The van der Waals surface area contributed by atoms with Crippen molar-refractivity contribution in [3.63, 3.8) is 0 Å². The minimum atomic E-state index is -0.212. The number of carbonyl (C=O) groups is 1. The molecule has 0 radical (unpaired) electrons. The second-order valence-electron chi connectivity index (χ2n) is 6.18. The van der Waals surface area contributed by atoms with Gasteiger partial charge >= 0.3 is 0 Å². The standard InChI is InChI=1S/C21H23NO3/c1-4-18(15-11-9-14(2)10-12-15)22-21(23)20-17(13-24-3)16-7-5-6-8-19(16)25-20/h5-12,18H,4,13H2,1-3H3,(H,22,23). The van der Waals surface area contributed by atoms with Crippen molar-refractivity contribution >= 4 is 16.9 Å². The molecule has 4 nitrogen and oxygen atoms in total. The molecule has 0 saturated heterocycles. The summed E-state index contributed by atoms with van der Waals surface area (Å²) in [5, 5.41) is 4.00. The molecule has 0 aliphatic rings. The largest absolute Gasteiger partial charge is 0.451 e. The topological polar surface area (TPSA) is 51.5 Å². The summed E-state index contributed by atoms with van der Waals surface area (Å²) in [5.74, 6) is 0.115. The van der Waals surface area contributed by atoms with Gasteiger partial charge in [0.15, 0.2) is 5.76 Å². The van der Waals surface area contributed by atoms with Crippen LogP contribution in [0.5, 0.6) is 0 Å². The van der Waals surface area contributed by atoms with E-state index in [1.165, 1.54) is 5.56 Å². The normalized spacial score (nSPS) is 12.3. The Morgan fingerprint density at radius 2 is 1.88 bits per heavy atom. The van der Waals surface area contributed by atoms with Crippen molar-refractivity contribution in [3.05, 3.63) is 71.0 Å². The second kappa shape index (κ2) is 7.53. The first-order chi connectivity index (χ1) is 12.1. The van der Waals surface area contributed by atoms with E-state index in [9.17, 15) is 4.79 Å². The number of hydrogen-bond donors (Lipinski definition) is 1. The van der Waals surface area contributed by atoms with Crippen molar-refractivity contribution in [3.8, 4) is 0 Å². The first-order valence-electron chi connectivity index (χ1n) is 8.50. The zero-order valence-electron chi connectivity index (χ0n) is 14.8. The molecule has 0 saturated carbocycles. The summed E-state index contributed by atoms with van der Waals surface area (Å²) in [6.07, 6.45) is 0.800. The molecule has 0 spiro atoms. The van der Waals surface area contributed by atoms with Crippen LogP contribution in [0.4, 0.5) is 0 Å². The molecule has 2 aromatic carbocycles. The lowest BCUT2D eigenvalue weighted by Crippen LogP contribution is -2.28. The molecule has 1 unspecified atom stereocenters. The summed E-state index contributed by atoms with van der Waals surface area (Å²) in [4.78, 5) is 12.9. The number of furan rings is 1. The van der Waals surface area contributed by atoms with Crippen LogP contribution in [0.25, 0.3) is 11.0 Å². The van der Waals surface area contributed by atoms with E-state index in [0.29, 0.717) is 18.0 Å². The number of aryl methyl sites for hydroxylation is 1. The van der Waals surface area contributed by atoms with E-state index < -0.39 is 0 Å². The van der Waals surface area contributed by atoms with Gasteiger partial charge in [-0.25, -0.2) is 0 Å². The van der Waals surface area contributed by atoms with Gasteiger partial charge in [0.05, 0.1) is 12.6 Å². The molecule has 1 atom stereocenters. The molecule has 4 heteroatoms. The number of carbonyl (C=O) groups excluding carboxylic acids is 1. The molecule has 130 valence electrons. The van der Waals surface area contributed by atoms with Gasteiger partial charge in [0, 0.05) is 18.1 Å². The van der Waals surface area contributed by atoms with E-state index >= 15 is 0 Å². The Hall–Kier alpha value is -2.59. The van der Waals surface area contributed by atoms with Crippen LogP contribution in [-0.2, 0) is 11.3 Å². The van der Waals surface area contributed by atoms with E-state index in [-0.39, 0.29) is 11.9 Å². The average Bonchev–Trinajstić information content (AvgIpc) is 3.00. The highest BCUT2D eigenvalue weighted by Gasteiger charge is 2.22. The van der Waals surface area contributed by atoms with Crippen LogP contribution < -0.4 is 5.32 Å². The Labute approximate surface area is 147 Å². The number of methoxy groups -OCH3 is 1. The molecule has 1 N–H and O–H groups in total. The molecule has 1 amide bonds. The van der Waals surface area contributed by atoms with Crippen molar-refractivity contribution in [2.45, 2.75) is 32.9 Å². The summed E-state index contributed by atoms with van der Waals surface area (Å²) in [7, 11) is 1.62. The Bertz CT molecular complexity index is 864. The number of ether oxygens (including phenoxy) is 1. The van der Waals surface area contributed by atoms with Crippen LogP contribution in [0, 0.1) is 6.92 Å². The van der Waals surface area contributed by atoms with Crippen molar-refractivity contribution in [1.82, 2.24) is 5.32 Å². The van der Waals surface area contributed by atoms with Gasteiger partial charge in [0.2, 0.25) is 0 Å². The van der Waals surface area contributed by atoms with E-state index in [1.54, 1.807) is 7.11 Å². The third-order valence-electron chi connectivity index (χ3n) is 4.39. The first-order valence-corrected chi connectivity index (χ1v) is 8.50. The number of para-hydroxylation sites is 1. The molecule has 1 heterocycles. The number of fused-ring (bicyclic) bond motifs is 1. The number of nitrogens with one attached hydrogen (secondary N) is 1. The Kier molecular flexibility index (Phi) is 5.19. The molecule has 3 rings (SSSR count). The summed E-state index contributed by atoms with van der Waals surface area (Å²) in [6, 6.07) is 15.8. The van der Waals surface area contributed by atoms with Gasteiger partial charge in [-0.2, -0.15) is 0 Å². The molecular formula is C21H23NO3. The minimum absolute atomic E-state index is 0.0586. The Morgan fingerprint density at radius 1 is 1.16 bits per heavy atom. The zero-order chi connectivity index (χ0) is 17.8. The number of amides is 1. The molecule has 0 aliphatic heterocycles. The molecular weight excluding hydrogens is 314 g/mol. The van der Waals surface area contributed by atoms with Gasteiger partial charge in [-0.1, -0.05) is 55.0 Å². The van der Waals surface area contributed by atoms with E-state index in [4.69, 9.17) is 9.15 Å². The van der Waals surface area contributed by atoms with Crippen LogP contribution in [0.15, 0.2) is 52.9 Å². The maximum absolute atomic E-state index is 12.9. The lowest BCUT2D eigenvalue weighted by molar-refractivity contribution is 0.0903. The fourth-order valence-corrected chi connectivity index (χ4v) is 3.01. The summed E-state index contributed by atoms with van der Waals surface area (Å²) in [6.45, 7) is 4.44. The lowest BCUT2D eigenvalue weighted by Gasteiger charge is -2.17. The van der Waals surface area contributed by atoms with Crippen LogP contribution in [0.3, 0.4) is 0 Å². The first kappa shape index (κ1) is 17.2. The minimum Gasteiger partial charge on any atom is -0.451 e. The molecule has 3 aromatic rings. The van der Waals surface area contributed by atoms with Crippen molar-refractivity contribution < 1.29 is 13.9 Å². The summed E-state index contributed by atoms with van der Waals surface area (Å²) >= 11 is 0. The van der Waals surface area contributed by atoms with Crippen LogP contribution >= 0.6 is 0 Å². The highest BCUT2D eigenvalue weighted by atomic mass is 16.5. The average molecular weight is 337 g/mol. The quantitative estimate of drug-likeness (QED) is 0.705. The summed E-state index contributed by atoms with van der Waals surface area (Å²) < 4.78 is 11.1. The van der Waals surface area contributed by atoms with Gasteiger partial charge in [-0.3, -0.25) is 4.79 Å². The maximum Gasteiger partial charge on any atom is 0.287 e. The van der Waals surface area contributed by atoms with Gasteiger partial charge in [-0.05, 0) is 25.0 Å². The molecule has 0 bridgehead atoms. The Morgan fingerprint density at radius 3 is 2.56 bits per heavy atom. The number of hydrogen-bond acceptors (Lipinski definition) is 3. The smallest absolute Gasteiger partial charge is 0.287 e. The highest BCUT2D eigenvalue weighted by Crippen LogP contribution is 2.27. The van der Waals surface area contributed by atoms with Crippen LogP contribution in [-0.4, -0.2) is 13.0 Å². The number of rotatable bonds is 6. The van der Waals surface area contributed by atoms with Crippen LogP contribution in [0.2, 0.25) is 0 Å². The molecule has 0 aliphatic carbocycles. The third-order valence-corrected chi connectivity index (χ3v) is 4.39. The van der Waals surface area contributed by atoms with Gasteiger partial charge in [0.25, 0.3) is 5.91 Å². The monoisotopic (exact) mass is 337 g/mol. The van der Waals surface area contributed by atoms with Gasteiger partial charge in [-0.15, -0.1) is 0 Å². The lowest BCUT2D eigenvalue weighted by atomic mass is 10.0. The van der Waals surface area contributed by atoms with Crippen LogP contribution in [0.1, 0.15) is 46.6 Å². The maximum atomic E-state index is 12.9. The van der Waals surface area contributed by atoms with E-state index in [0.717, 1.165) is 22.9 Å².